The maximum absolute atomic E-state index is 11.9. The fourth-order valence-corrected chi connectivity index (χ4v) is 1.80. The van der Waals surface area contributed by atoms with Gasteiger partial charge < -0.3 is 5.11 Å². The number of hydrogen-bond donors (Lipinski definition) is 1. The zero-order chi connectivity index (χ0) is 13.4. The first-order chi connectivity index (χ1) is 7.71. The van der Waals surface area contributed by atoms with Crippen LogP contribution in [0.1, 0.15) is 19.8 Å². The number of urea groups is 1. The van der Waals surface area contributed by atoms with E-state index in [-0.39, 0.29) is 12.8 Å². The molecule has 0 aliphatic carbocycles. The normalized spacial score (nSPS) is 19.8. The van der Waals surface area contributed by atoms with Gasteiger partial charge in [0.05, 0.1) is 0 Å². The minimum absolute atomic E-state index is 0.123. The van der Waals surface area contributed by atoms with E-state index in [1.165, 1.54) is 21.0 Å². The third-order valence-corrected chi connectivity index (χ3v) is 2.97. The van der Waals surface area contributed by atoms with Crippen molar-refractivity contribution in [3.63, 3.8) is 0 Å². The van der Waals surface area contributed by atoms with E-state index in [0.29, 0.717) is 0 Å². The maximum atomic E-state index is 11.9. The zero-order valence-corrected chi connectivity index (χ0v) is 9.89. The van der Waals surface area contributed by atoms with Crippen LogP contribution in [0.3, 0.4) is 0 Å². The molecule has 7 nitrogen and oxygen atoms in total. The van der Waals surface area contributed by atoms with Crippen LogP contribution in [-0.4, -0.2) is 52.8 Å². The molecule has 0 aromatic rings. The second-order valence-electron chi connectivity index (χ2n) is 4.24. The van der Waals surface area contributed by atoms with Gasteiger partial charge in [0.2, 0.25) is 11.8 Å². The largest absolute Gasteiger partial charge is 0.481 e. The van der Waals surface area contributed by atoms with Gasteiger partial charge in [-0.05, 0) is 13.3 Å². The van der Waals surface area contributed by atoms with Crippen molar-refractivity contribution in [2.24, 2.45) is 5.41 Å². The Kier molecular flexibility index (Phi) is 3.21. The van der Waals surface area contributed by atoms with E-state index >= 15 is 0 Å². The zero-order valence-electron chi connectivity index (χ0n) is 9.89. The number of rotatable bonds is 3. The molecule has 0 atom stereocenters. The number of amides is 4. The average Bonchev–Trinajstić information content (AvgIpc) is 2.29. The van der Waals surface area contributed by atoms with Crippen LogP contribution >= 0.6 is 0 Å². The van der Waals surface area contributed by atoms with Crippen molar-refractivity contribution >= 4 is 23.8 Å². The van der Waals surface area contributed by atoms with E-state index < -0.39 is 29.2 Å². The molecule has 0 saturated carbocycles. The highest BCUT2D eigenvalue weighted by Crippen LogP contribution is 2.32. The summed E-state index contributed by atoms with van der Waals surface area (Å²) in [4.78, 5) is 47.4. The first-order valence-corrected chi connectivity index (χ1v) is 5.04. The van der Waals surface area contributed by atoms with Gasteiger partial charge in [-0.1, -0.05) is 0 Å². The van der Waals surface area contributed by atoms with E-state index in [1.54, 1.807) is 0 Å². The summed E-state index contributed by atoms with van der Waals surface area (Å²) in [5, 5.41) is 8.60. The number of carbonyl (C=O) groups is 4. The van der Waals surface area contributed by atoms with Gasteiger partial charge in [-0.15, -0.1) is 0 Å². The number of imide groups is 2. The van der Waals surface area contributed by atoms with Crippen LogP contribution in [0.15, 0.2) is 0 Å². The fraction of sp³-hybridized carbons (Fsp3) is 0.600. The molecule has 0 unspecified atom stereocenters. The summed E-state index contributed by atoms with van der Waals surface area (Å²) in [5.41, 5.74) is -1.48. The highest BCUT2D eigenvalue weighted by molar-refractivity contribution is 6.18. The van der Waals surface area contributed by atoms with E-state index in [2.05, 4.69) is 0 Å². The SMILES string of the molecule is CN1C(=O)N(C)C(=O)C(C)(CCC(=O)O)C1=O. The van der Waals surface area contributed by atoms with Crippen LogP contribution in [0, 0.1) is 5.41 Å². The van der Waals surface area contributed by atoms with Crippen molar-refractivity contribution < 1.29 is 24.3 Å². The molecular formula is C10H14N2O5. The maximum Gasteiger partial charge on any atom is 0.332 e. The Hall–Kier alpha value is -1.92. The number of carbonyl (C=O) groups excluding carboxylic acids is 3. The molecule has 1 saturated heterocycles. The summed E-state index contributed by atoms with van der Waals surface area (Å²) in [5.74, 6) is -2.41. The number of nitrogens with zero attached hydrogens (tertiary/aromatic N) is 2. The topological polar surface area (TPSA) is 95.0 Å². The summed E-state index contributed by atoms with van der Waals surface area (Å²) < 4.78 is 0. The number of carboxylic acid groups (broad SMARTS) is 1. The van der Waals surface area contributed by atoms with Crippen molar-refractivity contribution in [1.82, 2.24) is 9.80 Å². The van der Waals surface area contributed by atoms with Crippen LogP contribution in [0.2, 0.25) is 0 Å². The van der Waals surface area contributed by atoms with Gasteiger partial charge in [0.25, 0.3) is 0 Å². The Balaban J connectivity index is 3.03. The number of barbiturate groups is 1. The molecule has 0 aromatic carbocycles. The summed E-state index contributed by atoms with van der Waals surface area (Å²) in [7, 11) is 2.54. The molecule has 1 rings (SSSR count). The van der Waals surface area contributed by atoms with Gasteiger partial charge in [-0.3, -0.25) is 24.2 Å². The minimum Gasteiger partial charge on any atom is -0.481 e. The Labute approximate surface area is 98.0 Å². The molecule has 1 aliphatic heterocycles. The third kappa shape index (κ3) is 2.00. The van der Waals surface area contributed by atoms with Crippen molar-refractivity contribution in [1.29, 1.82) is 0 Å². The second-order valence-corrected chi connectivity index (χ2v) is 4.24. The molecule has 0 aromatic heterocycles. The lowest BCUT2D eigenvalue weighted by Gasteiger charge is -2.39. The Morgan fingerprint density at radius 1 is 1.18 bits per heavy atom. The van der Waals surface area contributed by atoms with Crippen LogP contribution in [0.4, 0.5) is 4.79 Å². The van der Waals surface area contributed by atoms with Crippen molar-refractivity contribution in [3.05, 3.63) is 0 Å². The van der Waals surface area contributed by atoms with Crippen LogP contribution < -0.4 is 0 Å². The first kappa shape index (κ1) is 13.1. The highest BCUT2D eigenvalue weighted by atomic mass is 16.4. The number of aliphatic carboxylic acids is 1. The van der Waals surface area contributed by atoms with Crippen LogP contribution in [0.5, 0.6) is 0 Å². The lowest BCUT2D eigenvalue weighted by molar-refractivity contribution is -0.156. The van der Waals surface area contributed by atoms with Gasteiger partial charge >= 0.3 is 12.0 Å². The number of hydrogen-bond acceptors (Lipinski definition) is 4. The van der Waals surface area contributed by atoms with E-state index in [9.17, 15) is 19.2 Å². The fourth-order valence-electron chi connectivity index (χ4n) is 1.80. The van der Waals surface area contributed by atoms with Crippen molar-refractivity contribution in [3.8, 4) is 0 Å². The lowest BCUT2D eigenvalue weighted by Crippen LogP contribution is -2.62. The van der Waals surface area contributed by atoms with Gasteiger partial charge in [0.1, 0.15) is 5.41 Å². The number of carboxylic acids is 1. The highest BCUT2D eigenvalue weighted by Gasteiger charge is 2.51. The molecule has 4 amide bonds. The molecule has 0 spiro atoms. The lowest BCUT2D eigenvalue weighted by atomic mass is 9.81. The second kappa shape index (κ2) is 4.15. The van der Waals surface area contributed by atoms with Crippen LogP contribution in [0.25, 0.3) is 0 Å². The molecule has 17 heavy (non-hydrogen) atoms. The Morgan fingerprint density at radius 2 is 1.59 bits per heavy atom. The van der Waals surface area contributed by atoms with Crippen molar-refractivity contribution in [2.75, 3.05) is 14.1 Å². The predicted molar refractivity (Wildman–Crippen MR) is 55.9 cm³/mol. The minimum atomic E-state index is -1.48. The molecular weight excluding hydrogens is 228 g/mol. The molecule has 0 radical (unpaired) electrons. The van der Waals surface area contributed by atoms with Crippen LogP contribution in [-0.2, 0) is 14.4 Å². The molecule has 1 fully saturated rings. The predicted octanol–water partition coefficient (Wildman–Crippen LogP) is -0.0921. The summed E-state index contributed by atoms with van der Waals surface area (Å²) >= 11 is 0. The summed E-state index contributed by atoms with van der Waals surface area (Å²) in [6, 6.07) is -0.701. The van der Waals surface area contributed by atoms with E-state index in [4.69, 9.17) is 5.11 Å². The molecule has 1 aliphatic rings. The van der Waals surface area contributed by atoms with Gasteiger partial charge in [-0.2, -0.15) is 0 Å². The van der Waals surface area contributed by atoms with Gasteiger partial charge in [-0.25, -0.2) is 4.79 Å². The Morgan fingerprint density at radius 3 is 1.94 bits per heavy atom. The smallest absolute Gasteiger partial charge is 0.332 e. The molecule has 94 valence electrons. The Bertz CT molecular complexity index is 380. The standard InChI is InChI=1S/C10H14N2O5/c1-10(5-4-6(13)14)7(15)11(2)9(17)12(3)8(10)16/h4-5H2,1-3H3,(H,13,14). The third-order valence-electron chi connectivity index (χ3n) is 2.97. The monoisotopic (exact) mass is 242 g/mol. The van der Waals surface area contributed by atoms with E-state index in [1.807, 2.05) is 0 Å². The molecule has 1 heterocycles. The van der Waals surface area contributed by atoms with Crippen molar-refractivity contribution in [2.45, 2.75) is 19.8 Å². The van der Waals surface area contributed by atoms with Gasteiger partial charge in [0.15, 0.2) is 0 Å². The molecule has 1 N–H and O–H groups in total. The van der Waals surface area contributed by atoms with Gasteiger partial charge in [0, 0.05) is 20.5 Å². The summed E-state index contributed by atoms with van der Waals surface area (Å²) in [6.07, 6.45) is -0.425. The summed E-state index contributed by atoms with van der Waals surface area (Å²) in [6.45, 7) is 1.36. The molecule has 7 heteroatoms. The first-order valence-electron chi connectivity index (χ1n) is 5.04. The van der Waals surface area contributed by atoms with E-state index in [0.717, 1.165) is 9.80 Å². The average molecular weight is 242 g/mol. The molecule has 0 bridgehead atoms. The quantitative estimate of drug-likeness (QED) is 0.698.